The lowest BCUT2D eigenvalue weighted by Gasteiger charge is -2.20. The Hall–Kier alpha value is -2.22. The first-order valence-corrected chi connectivity index (χ1v) is 8.51. The van der Waals surface area contributed by atoms with E-state index in [1.54, 1.807) is 14.2 Å². The van der Waals surface area contributed by atoms with Gasteiger partial charge in [0, 0.05) is 5.92 Å². The fourth-order valence-electron chi connectivity index (χ4n) is 3.13. The van der Waals surface area contributed by atoms with Crippen molar-refractivity contribution in [3.63, 3.8) is 0 Å². The first kappa shape index (κ1) is 17.6. The Morgan fingerprint density at radius 3 is 1.52 bits per heavy atom. The highest BCUT2D eigenvalue weighted by molar-refractivity contribution is 5.85. The first-order chi connectivity index (χ1) is 12.3. The summed E-state index contributed by atoms with van der Waals surface area (Å²) in [6, 6.07) is 16.5. The lowest BCUT2D eigenvalue weighted by molar-refractivity contribution is 0.414. The molecule has 1 aliphatic rings. The van der Waals surface area contributed by atoms with E-state index in [9.17, 15) is 0 Å². The minimum absolute atomic E-state index is 0.865. The molecular weight excluding hydrogens is 308 g/mol. The molecule has 0 spiro atoms. The summed E-state index contributed by atoms with van der Waals surface area (Å²) in [5.41, 5.74) is 4.95. The summed E-state index contributed by atoms with van der Waals surface area (Å²) in [5.74, 6) is 3.00. The molecule has 2 nitrogen and oxygen atoms in total. The molecule has 127 valence electrons. The Bertz CT molecular complexity index is 655. The Kier molecular flexibility index (Phi) is 5.80. The molecule has 2 aromatic carbocycles. The van der Waals surface area contributed by atoms with Gasteiger partial charge in [0.15, 0.2) is 0 Å². The maximum absolute atomic E-state index is 5.31. The number of hydrogen-bond donors (Lipinski definition) is 0. The highest BCUT2D eigenvalue weighted by Crippen LogP contribution is 2.40. The van der Waals surface area contributed by atoms with Crippen LogP contribution in [0.25, 0.3) is 5.57 Å². The maximum atomic E-state index is 5.31. The molecule has 2 aromatic rings. The van der Waals surface area contributed by atoms with E-state index >= 15 is 0 Å². The molecule has 0 atom stereocenters. The Labute approximate surface area is 151 Å². The summed E-state index contributed by atoms with van der Waals surface area (Å²) in [4.78, 5) is 0. The average Bonchev–Trinajstić information content (AvgIpc) is 3.21. The second kappa shape index (κ2) is 8.24. The van der Waals surface area contributed by atoms with E-state index in [1.807, 2.05) is 24.3 Å². The SMILES string of the molecule is CCC([C]1[CH][CH][CH][CH]1)=C(c1ccc(OC)cc1)c1ccc(OC)cc1. The quantitative estimate of drug-likeness (QED) is 0.713. The fraction of sp³-hybridized carbons (Fsp3) is 0.174. The molecule has 1 fully saturated rings. The van der Waals surface area contributed by atoms with Crippen LogP contribution < -0.4 is 9.47 Å². The molecule has 2 heteroatoms. The van der Waals surface area contributed by atoms with Gasteiger partial charge < -0.3 is 9.47 Å². The number of ether oxygens (including phenoxy) is 2. The van der Waals surface area contributed by atoms with Gasteiger partial charge in [-0.2, -0.15) is 0 Å². The number of hydrogen-bond acceptors (Lipinski definition) is 2. The molecule has 0 N–H and O–H groups in total. The largest absolute Gasteiger partial charge is 0.497 e. The lowest BCUT2D eigenvalue weighted by Crippen LogP contribution is -2.03. The summed E-state index contributed by atoms with van der Waals surface area (Å²) in [6.45, 7) is 2.20. The topological polar surface area (TPSA) is 18.5 Å². The van der Waals surface area contributed by atoms with Gasteiger partial charge >= 0.3 is 0 Å². The van der Waals surface area contributed by atoms with Gasteiger partial charge in [-0.1, -0.05) is 36.8 Å². The zero-order valence-corrected chi connectivity index (χ0v) is 15.0. The van der Waals surface area contributed by atoms with Crippen LogP contribution in [0.3, 0.4) is 0 Å². The number of rotatable bonds is 6. The molecule has 5 radical (unpaired) electrons. The van der Waals surface area contributed by atoms with Crippen LogP contribution in [0.15, 0.2) is 54.1 Å². The van der Waals surface area contributed by atoms with E-state index in [0.29, 0.717) is 0 Å². The zero-order chi connectivity index (χ0) is 17.6. The summed E-state index contributed by atoms with van der Waals surface area (Å²) >= 11 is 0. The van der Waals surface area contributed by atoms with E-state index in [1.165, 1.54) is 28.2 Å². The van der Waals surface area contributed by atoms with Gasteiger partial charge in [0.1, 0.15) is 11.5 Å². The van der Waals surface area contributed by atoms with Crippen molar-refractivity contribution in [1.29, 1.82) is 0 Å². The smallest absolute Gasteiger partial charge is 0.118 e. The molecule has 0 bridgehead atoms. The molecule has 0 aromatic heterocycles. The Morgan fingerprint density at radius 2 is 1.16 bits per heavy atom. The normalized spacial score (nSPS) is 14.4. The Morgan fingerprint density at radius 1 is 0.720 bits per heavy atom. The van der Waals surface area contributed by atoms with Gasteiger partial charge in [0.2, 0.25) is 0 Å². The molecule has 0 amide bonds. The van der Waals surface area contributed by atoms with Gasteiger partial charge in [-0.05, 0) is 73.1 Å². The van der Waals surface area contributed by atoms with E-state index in [2.05, 4.69) is 56.9 Å². The van der Waals surface area contributed by atoms with Crippen LogP contribution in [0.2, 0.25) is 0 Å². The predicted octanol–water partition coefficient (Wildman–Crippen LogP) is 5.32. The van der Waals surface area contributed by atoms with Gasteiger partial charge in [0.05, 0.1) is 14.2 Å². The second-order valence-electron chi connectivity index (χ2n) is 5.84. The minimum Gasteiger partial charge on any atom is -0.497 e. The number of benzene rings is 2. The van der Waals surface area contributed by atoms with Gasteiger partial charge in [-0.15, -0.1) is 0 Å². The third-order valence-electron chi connectivity index (χ3n) is 4.42. The average molecular weight is 331 g/mol. The van der Waals surface area contributed by atoms with Crippen molar-refractivity contribution >= 4 is 5.57 Å². The molecule has 0 aliphatic heterocycles. The molecule has 25 heavy (non-hydrogen) atoms. The van der Waals surface area contributed by atoms with E-state index in [-0.39, 0.29) is 0 Å². The van der Waals surface area contributed by atoms with Crippen molar-refractivity contribution in [1.82, 2.24) is 0 Å². The van der Waals surface area contributed by atoms with Gasteiger partial charge in [-0.3, -0.25) is 0 Å². The highest BCUT2D eigenvalue weighted by Gasteiger charge is 2.24. The first-order valence-electron chi connectivity index (χ1n) is 8.51. The number of methoxy groups -OCH3 is 2. The van der Waals surface area contributed by atoms with E-state index < -0.39 is 0 Å². The van der Waals surface area contributed by atoms with Crippen LogP contribution >= 0.6 is 0 Å². The molecule has 0 saturated heterocycles. The standard InChI is InChI=1S/C23H23O2/c1-4-22(17-7-5-6-8-17)23(18-9-13-20(24-2)14-10-18)19-11-15-21(25-3)16-12-19/h5-16H,4H2,1-3H3. The van der Waals surface area contributed by atoms with Crippen molar-refractivity contribution in [2.45, 2.75) is 13.3 Å². The summed E-state index contributed by atoms with van der Waals surface area (Å²) < 4.78 is 10.6. The summed E-state index contributed by atoms with van der Waals surface area (Å²) in [6.07, 6.45) is 9.48. The van der Waals surface area contributed by atoms with Crippen molar-refractivity contribution in [2.75, 3.05) is 14.2 Å². The van der Waals surface area contributed by atoms with Crippen LogP contribution in [0, 0.1) is 31.6 Å². The predicted molar refractivity (Wildman–Crippen MR) is 103 cm³/mol. The van der Waals surface area contributed by atoms with Crippen LogP contribution in [0.4, 0.5) is 0 Å². The van der Waals surface area contributed by atoms with Crippen molar-refractivity contribution in [3.8, 4) is 11.5 Å². The molecule has 0 heterocycles. The van der Waals surface area contributed by atoms with Crippen LogP contribution in [0.5, 0.6) is 11.5 Å². The third-order valence-corrected chi connectivity index (χ3v) is 4.42. The van der Waals surface area contributed by atoms with Crippen LogP contribution in [-0.2, 0) is 0 Å². The minimum atomic E-state index is 0.865. The molecule has 1 aliphatic carbocycles. The van der Waals surface area contributed by atoms with Crippen molar-refractivity contribution < 1.29 is 9.47 Å². The Balaban J connectivity index is 2.11. The van der Waals surface area contributed by atoms with Gasteiger partial charge in [-0.25, -0.2) is 0 Å². The molecular formula is C23H23O2. The van der Waals surface area contributed by atoms with E-state index in [4.69, 9.17) is 9.47 Å². The zero-order valence-electron chi connectivity index (χ0n) is 15.0. The molecule has 0 unspecified atom stereocenters. The van der Waals surface area contributed by atoms with Crippen LogP contribution in [-0.4, -0.2) is 14.2 Å². The van der Waals surface area contributed by atoms with E-state index in [0.717, 1.165) is 17.9 Å². The third kappa shape index (κ3) is 3.89. The lowest BCUT2D eigenvalue weighted by atomic mass is 9.84. The summed E-state index contributed by atoms with van der Waals surface area (Å²) in [7, 11) is 3.38. The number of allylic oxidation sites excluding steroid dienone is 1. The molecule has 3 rings (SSSR count). The van der Waals surface area contributed by atoms with Crippen LogP contribution in [0.1, 0.15) is 24.5 Å². The monoisotopic (exact) mass is 331 g/mol. The van der Waals surface area contributed by atoms with Gasteiger partial charge in [0.25, 0.3) is 0 Å². The molecule has 1 saturated carbocycles. The fourth-order valence-corrected chi connectivity index (χ4v) is 3.13. The second-order valence-corrected chi connectivity index (χ2v) is 5.84. The van der Waals surface area contributed by atoms with Crippen molar-refractivity contribution in [3.05, 3.63) is 96.8 Å². The summed E-state index contributed by atoms with van der Waals surface area (Å²) in [5, 5.41) is 0. The maximum Gasteiger partial charge on any atom is 0.118 e. The highest BCUT2D eigenvalue weighted by atomic mass is 16.5. The van der Waals surface area contributed by atoms with Crippen molar-refractivity contribution in [2.24, 2.45) is 0 Å².